The molecule has 4 nitrogen and oxygen atoms in total. The van der Waals surface area contributed by atoms with Crippen LogP contribution in [0.4, 0.5) is 0 Å². The fourth-order valence-corrected chi connectivity index (χ4v) is 2.19. The molecule has 1 fully saturated rings. The molecule has 17 heavy (non-hydrogen) atoms. The molecule has 1 unspecified atom stereocenters. The molecule has 0 saturated heterocycles. The monoisotopic (exact) mass is 242 g/mol. The summed E-state index contributed by atoms with van der Waals surface area (Å²) in [6, 6.07) is 0.783. The Morgan fingerprint density at radius 1 is 1.47 bits per heavy atom. The van der Waals surface area contributed by atoms with E-state index in [1.165, 1.54) is 19.3 Å². The average Bonchev–Trinajstić information content (AvgIpc) is 2.21. The highest BCUT2D eigenvalue weighted by atomic mass is 16.4. The Balaban J connectivity index is 2.16. The first-order valence-electron chi connectivity index (χ1n) is 6.62. The Labute approximate surface area is 104 Å². The Kier molecular flexibility index (Phi) is 5.40. The molecule has 1 saturated carbocycles. The van der Waals surface area contributed by atoms with Crippen molar-refractivity contribution in [2.45, 2.75) is 57.0 Å². The van der Waals surface area contributed by atoms with Crippen LogP contribution in [0, 0.1) is 0 Å². The van der Waals surface area contributed by atoms with Crippen LogP contribution in [0.1, 0.15) is 45.4 Å². The second kappa shape index (κ2) is 6.36. The summed E-state index contributed by atoms with van der Waals surface area (Å²) in [6.45, 7) is 2.84. The number of carboxylic acids is 1. The molecule has 0 radical (unpaired) electrons. The van der Waals surface area contributed by atoms with Crippen molar-refractivity contribution in [2.24, 2.45) is 0 Å². The van der Waals surface area contributed by atoms with E-state index in [0.717, 1.165) is 25.4 Å². The smallest absolute Gasteiger partial charge is 0.323 e. The summed E-state index contributed by atoms with van der Waals surface area (Å²) in [5.74, 6) is -0.757. The zero-order chi connectivity index (χ0) is 12.9. The second-order valence-electron chi connectivity index (χ2n) is 5.41. The number of nitrogens with zero attached hydrogens (tertiary/aromatic N) is 1. The summed E-state index contributed by atoms with van der Waals surface area (Å²) in [4.78, 5) is 13.5. The summed E-state index contributed by atoms with van der Waals surface area (Å²) < 4.78 is 0. The molecule has 0 spiro atoms. The van der Waals surface area contributed by atoms with E-state index in [2.05, 4.69) is 17.3 Å². The van der Waals surface area contributed by atoms with Gasteiger partial charge in [0.1, 0.15) is 5.54 Å². The molecular formula is C13H26N2O2. The first kappa shape index (κ1) is 14.5. The fraction of sp³-hybridized carbons (Fsp3) is 0.923. The van der Waals surface area contributed by atoms with Crippen LogP contribution in [0.15, 0.2) is 0 Å². The molecule has 4 heteroatoms. The van der Waals surface area contributed by atoms with Gasteiger partial charge in [-0.15, -0.1) is 0 Å². The van der Waals surface area contributed by atoms with Crippen LogP contribution in [-0.2, 0) is 4.79 Å². The Hall–Kier alpha value is -0.610. The predicted octanol–water partition coefficient (Wildman–Crippen LogP) is 1.70. The van der Waals surface area contributed by atoms with Crippen molar-refractivity contribution < 1.29 is 9.90 Å². The van der Waals surface area contributed by atoms with Crippen molar-refractivity contribution in [3.8, 4) is 0 Å². The lowest BCUT2D eigenvalue weighted by atomic mass is 9.91. The number of carbonyl (C=O) groups is 1. The molecule has 1 aliphatic rings. The minimum absolute atomic E-state index is 0.692. The number of hydrogen-bond donors (Lipinski definition) is 2. The number of aliphatic carboxylic acids is 1. The van der Waals surface area contributed by atoms with Gasteiger partial charge in [-0.1, -0.05) is 6.42 Å². The Morgan fingerprint density at radius 2 is 2.12 bits per heavy atom. The zero-order valence-electron chi connectivity index (χ0n) is 11.3. The zero-order valence-corrected chi connectivity index (χ0v) is 11.3. The number of likely N-dealkylation sites (N-methyl/N-ethyl adjacent to an activating group) is 1. The number of rotatable bonds is 8. The lowest BCUT2D eigenvalue weighted by Gasteiger charge is -2.35. The highest BCUT2D eigenvalue weighted by molar-refractivity contribution is 5.78. The summed E-state index contributed by atoms with van der Waals surface area (Å²) in [6.07, 6.45) is 6.77. The third-order valence-electron chi connectivity index (χ3n) is 4.16. The molecule has 0 aromatic heterocycles. The SMILES string of the molecule is CNC(C)(CCCCN(C)C1CCC1)C(=O)O. The first-order valence-corrected chi connectivity index (χ1v) is 6.62. The Bertz CT molecular complexity index is 254. The van der Waals surface area contributed by atoms with Crippen molar-refractivity contribution in [3.63, 3.8) is 0 Å². The molecule has 1 aliphatic carbocycles. The van der Waals surface area contributed by atoms with Gasteiger partial charge in [0, 0.05) is 6.04 Å². The van der Waals surface area contributed by atoms with Gasteiger partial charge >= 0.3 is 5.97 Å². The predicted molar refractivity (Wildman–Crippen MR) is 69.2 cm³/mol. The normalized spacial score (nSPS) is 20.0. The number of unbranched alkanes of at least 4 members (excludes halogenated alkanes) is 1. The lowest BCUT2D eigenvalue weighted by molar-refractivity contribution is -0.144. The standard InChI is InChI=1S/C13H26N2O2/c1-13(14-2,12(16)17)9-4-5-10-15(3)11-7-6-8-11/h11,14H,4-10H2,1-3H3,(H,16,17). The molecule has 0 aromatic carbocycles. The van der Waals surface area contributed by atoms with Crippen molar-refractivity contribution in [1.29, 1.82) is 0 Å². The van der Waals surface area contributed by atoms with Crippen molar-refractivity contribution in [2.75, 3.05) is 20.6 Å². The quantitative estimate of drug-likeness (QED) is 0.636. The topological polar surface area (TPSA) is 52.6 Å². The van der Waals surface area contributed by atoms with Crippen LogP contribution in [-0.4, -0.2) is 48.2 Å². The van der Waals surface area contributed by atoms with Gasteiger partial charge in [-0.25, -0.2) is 0 Å². The van der Waals surface area contributed by atoms with E-state index in [1.54, 1.807) is 14.0 Å². The minimum atomic E-state index is -0.769. The maximum atomic E-state index is 11.1. The van der Waals surface area contributed by atoms with Crippen LogP contribution < -0.4 is 5.32 Å². The van der Waals surface area contributed by atoms with E-state index in [0.29, 0.717) is 6.42 Å². The molecule has 2 N–H and O–H groups in total. The van der Waals surface area contributed by atoms with Crippen LogP contribution in [0.5, 0.6) is 0 Å². The van der Waals surface area contributed by atoms with Gasteiger partial charge in [0.15, 0.2) is 0 Å². The molecule has 0 amide bonds. The fourth-order valence-electron chi connectivity index (χ4n) is 2.19. The summed E-state index contributed by atoms with van der Waals surface area (Å²) in [5.41, 5.74) is -0.769. The number of nitrogens with one attached hydrogen (secondary N) is 1. The molecular weight excluding hydrogens is 216 g/mol. The molecule has 0 aromatic rings. The van der Waals surface area contributed by atoms with Gasteiger partial charge < -0.3 is 15.3 Å². The van der Waals surface area contributed by atoms with Gasteiger partial charge in [0.2, 0.25) is 0 Å². The van der Waals surface area contributed by atoms with E-state index in [9.17, 15) is 4.79 Å². The van der Waals surface area contributed by atoms with Gasteiger partial charge in [-0.2, -0.15) is 0 Å². The molecule has 0 bridgehead atoms. The summed E-state index contributed by atoms with van der Waals surface area (Å²) in [7, 11) is 3.90. The van der Waals surface area contributed by atoms with Crippen LogP contribution in [0.3, 0.4) is 0 Å². The lowest BCUT2D eigenvalue weighted by Crippen LogP contribution is -2.47. The molecule has 0 heterocycles. The van der Waals surface area contributed by atoms with Crippen molar-refractivity contribution >= 4 is 5.97 Å². The van der Waals surface area contributed by atoms with Crippen LogP contribution in [0.2, 0.25) is 0 Å². The van der Waals surface area contributed by atoms with Gasteiger partial charge in [-0.05, 0) is 59.7 Å². The van der Waals surface area contributed by atoms with Gasteiger partial charge in [0.25, 0.3) is 0 Å². The van der Waals surface area contributed by atoms with Crippen LogP contribution in [0.25, 0.3) is 0 Å². The number of carboxylic acid groups (broad SMARTS) is 1. The third-order valence-corrected chi connectivity index (χ3v) is 4.16. The molecule has 1 atom stereocenters. The first-order chi connectivity index (χ1) is 7.99. The second-order valence-corrected chi connectivity index (χ2v) is 5.41. The Morgan fingerprint density at radius 3 is 2.53 bits per heavy atom. The maximum Gasteiger partial charge on any atom is 0.323 e. The highest BCUT2D eigenvalue weighted by Gasteiger charge is 2.30. The van der Waals surface area contributed by atoms with Gasteiger partial charge in [0.05, 0.1) is 0 Å². The molecule has 100 valence electrons. The van der Waals surface area contributed by atoms with Crippen molar-refractivity contribution in [3.05, 3.63) is 0 Å². The average molecular weight is 242 g/mol. The minimum Gasteiger partial charge on any atom is -0.480 e. The van der Waals surface area contributed by atoms with E-state index in [4.69, 9.17) is 5.11 Å². The number of hydrogen-bond acceptors (Lipinski definition) is 3. The van der Waals surface area contributed by atoms with Crippen LogP contribution >= 0.6 is 0 Å². The summed E-state index contributed by atoms with van der Waals surface area (Å²) >= 11 is 0. The highest BCUT2D eigenvalue weighted by Crippen LogP contribution is 2.24. The maximum absolute atomic E-state index is 11.1. The van der Waals surface area contributed by atoms with E-state index < -0.39 is 11.5 Å². The third kappa shape index (κ3) is 3.96. The van der Waals surface area contributed by atoms with E-state index in [-0.39, 0.29) is 0 Å². The van der Waals surface area contributed by atoms with E-state index in [1.807, 2.05) is 0 Å². The van der Waals surface area contributed by atoms with Gasteiger partial charge in [-0.3, -0.25) is 4.79 Å². The van der Waals surface area contributed by atoms with E-state index >= 15 is 0 Å². The molecule has 0 aliphatic heterocycles. The van der Waals surface area contributed by atoms with Crippen molar-refractivity contribution in [1.82, 2.24) is 10.2 Å². The summed E-state index contributed by atoms with van der Waals surface area (Å²) in [5, 5.41) is 12.0. The molecule has 1 rings (SSSR count). The largest absolute Gasteiger partial charge is 0.480 e.